The third-order valence-corrected chi connectivity index (χ3v) is 6.49. The van der Waals surface area contributed by atoms with Crippen molar-refractivity contribution in [3.8, 4) is 11.6 Å². The first-order valence-corrected chi connectivity index (χ1v) is 14.5. The summed E-state index contributed by atoms with van der Waals surface area (Å²) in [6.45, 7) is 4.45. The molecule has 0 atom stereocenters. The fraction of sp³-hybridized carbons (Fsp3) is 0.759. The molecule has 1 heterocycles. The zero-order valence-corrected chi connectivity index (χ0v) is 23.0. The lowest BCUT2D eigenvalue weighted by Gasteiger charge is -2.09. The molecular formula is C29H48ClNO4. The number of halogens is 1. The number of rotatable bonds is 22. The van der Waals surface area contributed by atoms with E-state index in [9.17, 15) is 9.59 Å². The summed E-state index contributed by atoms with van der Waals surface area (Å²) in [6.07, 6.45) is 23.5. The number of carbonyl (C=O) groups is 2. The van der Waals surface area contributed by atoms with Crippen molar-refractivity contribution in [2.45, 2.75) is 142 Å². The van der Waals surface area contributed by atoms with E-state index in [4.69, 9.17) is 21.1 Å². The zero-order chi connectivity index (χ0) is 25.6. The summed E-state index contributed by atoms with van der Waals surface area (Å²) in [4.78, 5) is 28.4. The first kappa shape index (κ1) is 31.4. The van der Waals surface area contributed by atoms with Crippen molar-refractivity contribution in [3.05, 3.63) is 17.3 Å². The van der Waals surface area contributed by atoms with Gasteiger partial charge in [0.1, 0.15) is 5.02 Å². The van der Waals surface area contributed by atoms with Crippen LogP contribution in [0.2, 0.25) is 5.02 Å². The van der Waals surface area contributed by atoms with Crippen molar-refractivity contribution >= 4 is 23.5 Å². The Kier molecular flexibility index (Phi) is 19.4. The number of aromatic nitrogens is 1. The van der Waals surface area contributed by atoms with Gasteiger partial charge in [-0.05, 0) is 12.8 Å². The highest BCUT2D eigenvalue weighted by Gasteiger charge is 2.13. The molecule has 35 heavy (non-hydrogen) atoms. The van der Waals surface area contributed by atoms with Crippen LogP contribution in [0.25, 0.3) is 0 Å². The molecule has 5 nitrogen and oxygen atoms in total. The second kappa shape index (κ2) is 21.6. The lowest BCUT2D eigenvalue weighted by Crippen LogP contribution is -2.10. The number of hydrogen-bond acceptors (Lipinski definition) is 5. The largest absolute Gasteiger partial charge is 0.425 e. The Morgan fingerprint density at radius 3 is 1.51 bits per heavy atom. The molecule has 0 saturated heterocycles. The zero-order valence-electron chi connectivity index (χ0n) is 22.3. The molecule has 6 heteroatoms. The van der Waals surface area contributed by atoms with Gasteiger partial charge in [0.05, 0.1) is 6.20 Å². The third kappa shape index (κ3) is 17.5. The molecule has 0 unspecified atom stereocenters. The van der Waals surface area contributed by atoms with Crippen LogP contribution in [0, 0.1) is 0 Å². The van der Waals surface area contributed by atoms with Crippen LogP contribution in [0.15, 0.2) is 12.3 Å². The molecule has 0 spiro atoms. The molecule has 0 fully saturated rings. The highest BCUT2D eigenvalue weighted by atomic mass is 35.5. The van der Waals surface area contributed by atoms with Crippen LogP contribution >= 0.6 is 11.6 Å². The normalized spacial score (nSPS) is 10.9. The fourth-order valence-corrected chi connectivity index (χ4v) is 4.18. The van der Waals surface area contributed by atoms with E-state index in [1.165, 1.54) is 89.3 Å². The average Bonchev–Trinajstić information content (AvgIpc) is 2.84. The van der Waals surface area contributed by atoms with Gasteiger partial charge in [-0.15, -0.1) is 0 Å². The van der Waals surface area contributed by atoms with E-state index in [0.29, 0.717) is 12.8 Å². The number of unbranched alkanes of at least 4 members (excludes halogenated alkanes) is 16. The molecule has 0 saturated carbocycles. The van der Waals surface area contributed by atoms with Gasteiger partial charge in [0.25, 0.3) is 0 Å². The van der Waals surface area contributed by atoms with Gasteiger partial charge in [-0.2, -0.15) is 0 Å². The van der Waals surface area contributed by atoms with Gasteiger partial charge >= 0.3 is 11.9 Å². The maximum atomic E-state index is 12.2. The highest BCUT2D eigenvalue weighted by Crippen LogP contribution is 2.28. The van der Waals surface area contributed by atoms with Crippen LogP contribution in [0.5, 0.6) is 11.6 Å². The highest BCUT2D eigenvalue weighted by molar-refractivity contribution is 6.32. The molecule has 0 amide bonds. The van der Waals surface area contributed by atoms with Gasteiger partial charge in [0.15, 0.2) is 5.75 Å². The van der Waals surface area contributed by atoms with Gasteiger partial charge in [0.2, 0.25) is 5.88 Å². The molecule has 0 aliphatic carbocycles. The summed E-state index contributed by atoms with van der Waals surface area (Å²) in [5, 5.41) is 0.226. The van der Waals surface area contributed by atoms with Crippen molar-refractivity contribution in [3.63, 3.8) is 0 Å². The molecule has 0 aliphatic heterocycles. The van der Waals surface area contributed by atoms with E-state index >= 15 is 0 Å². The van der Waals surface area contributed by atoms with Crippen molar-refractivity contribution in [2.75, 3.05) is 0 Å². The number of hydrogen-bond donors (Lipinski definition) is 0. The first-order chi connectivity index (χ1) is 17.1. The molecule has 1 aromatic heterocycles. The molecule has 0 N–H and O–H groups in total. The van der Waals surface area contributed by atoms with Crippen molar-refractivity contribution in [1.29, 1.82) is 0 Å². The van der Waals surface area contributed by atoms with Crippen molar-refractivity contribution in [1.82, 2.24) is 4.98 Å². The third-order valence-electron chi connectivity index (χ3n) is 6.21. The first-order valence-electron chi connectivity index (χ1n) is 14.1. The smallest absolute Gasteiger partial charge is 0.312 e. The Balaban J connectivity index is 2.21. The summed E-state index contributed by atoms with van der Waals surface area (Å²) in [5.74, 6) is -0.350. The number of esters is 2. The number of nitrogens with zero attached hydrogens (tertiary/aromatic N) is 1. The Bertz CT molecular complexity index is 695. The van der Waals surface area contributed by atoms with E-state index in [-0.39, 0.29) is 28.6 Å². The number of ether oxygens (including phenoxy) is 2. The van der Waals surface area contributed by atoms with Crippen LogP contribution in [0.1, 0.15) is 142 Å². The van der Waals surface area contributed by atoms with Gasteiger partial charge in [-0.1, -0.05) is 128 Å². The van der Waals surface area contributed by atoms with Crippen LogP contribution in [0.3, 0.4) is 0 Å². The minimum Gasteiger partial charge on any atom is -0.425 e. The van der Waals surface area contributed by atoms with E-state index in [1.807, 2.05) is 0 Å². The maximum Gasteiger partial charge on any atom is 0.312 e. The Labute approximate surface area is 218 Å². The van der Waals surface area contributed by atoms with Gasteiger partial charge in [-0.3, -0.25) is 9.59 Å². The van der Waals surface area contributed by atoms with E-state index in [1.54, 1.807) is 0 Å². The van der Waals surface area contributed by atoms with Crippen molar-refractivity contribution < 1.29 is 19.1 Å². The lowest BCUT2D eigenvalue weighted by molar-refractivity contribution is -0.135. The van der Waals surface area contributed by atoms with Gasteiger partial charge in [-0.25, -0.2) is 4.98 Å². The Morgan fingerprint density at radius 2 is 1.06 bits per heavy atom. The molecule has 1 aromatic rings. The Morgan fingerprint density at radius 1 is 0.657 bits per heavy atom. The maximum absolute atomic E-state index is 12.2. The summed E-state index contributed by atoms with van der Waals surface area (Å²) < 4.78 is 10.7. The number of pyridine rings is 1. The molecule has 0 aromatic carbocycles. The minimum atomic E-state index is -0.326. The summed E-state index contributed by atoms with van der Waals surface area (Å²) >= 11 is 6.12. The standard InChI is InChI=1S/C29H48ClNO4/c1-3-5-7-9-11-13-15-17-19-21-28(32)34-26-23-27(31-24-25(26)30)35-29(33)22-20-18-16-14-12-10-8-6-4-2/h23-24H,3-22H2,1-2H3. The van der Waals surface area contributed by atoms with E-state index < -0.39 is 0 Å². The van der Waals surface area contributed by atoms with Crippen LogP contribution < -0.4 is 9.47 Å². The molecule has 1 rings (SSSR count). The topological polar surface area (TPSA) is 65.5 Å². The number of carbonyl (C=O) groups excluding carboxylic acids is 2. The average molecular weight is 510 g/mol. The van der Waals surface area contributed by atoms with Crippen LogP contribution in [-0.2, 0) is 9.59 Å². The predicted molar refractivity (Wildman–Crippen MR) is 144 cm³/mol. The lowest BCUT2D eigenvalue weighted by atomic mass is 10.1. The predicted octanol–water partition coefficient (Wildman–Crippen LogP) is 9.39. The van der Waals surface area contributed by atoms with Gasteiger partial charge < -0.3 is 9.47 Å². The van der Waals surface area contributed by atoms with Crippen LogP contribution in [-0.4, -0.2) is 16.9 Å². The summed E-state index contributed by atoms with van der Waals surface area (Å²) in [7, 11) is 0. The molecule has 200 valence electrons. The monoisotopic (exact) mass is 509 g/mol. The minimum absolute atomic E-state index is 0.112. The second-order valence-corrected chi connectivity index (χ2v) is 9.97. The summed E-state index contributed by atoms with van der Waals surface area (Å²) in [6, 6.07) is 1.42. The molecular weight excluding hydrogens is 462 g/mol. The van der Waals surface area contributed by atoms with Crippen molar-refractivity contribution in [2.24, 2.45) is 0 Å². The second-order valence-electron chi connectivity index (χ2n) is 9.56. The van der Waals surface area contributed by atoms with Crippen LogP contribution in [0.4, 0.5) is 0 Å². The quantitative estimate of drug-likeness (QED) is 0.115. The Hall–Kier alpha value is -1.62. The van der Waals surface area contributed by atoms with E-state index in [2.05, 4.69) is 18.8 Å². The fourth-order valence-electron chi connectivity index (χ4n) is 4.04. The SMILES string of the molecule is CCCCCCCCCCCC(=O)Oc1cc(OC(=O)CCCCCCCCCCC)c(Cl)cn1. The summed E-state index contributed by atoms with van der Waals surface area (Å²) in [5.41, 5.74) is 0. The molecule has 0 radical (unpaired) electrons. The molecule has 0 aliphatic rings. The van der Waals surface area contributed by atoms with Gasteiger partial charge in [0, 0.05) is 18.9 Å². The molecule has 0 bridgehead atoms. The van der Waals surface area contributed by atoms with E-state index in [0.717, 1.165) is 38.5 Å².